The number of ether oxygens (including phenoxy) is 19. The predicted molar refractivity (Wildman–Crippen MR) is 419 cm³/mol. The molecule has 9 saturated heterocycles. The van der Waals surface area contributed by atoms with Gasteiger partial charge in [-0.05, 0) is 51.4 Å². The Morgan fingerprint density at radius 2 is 0.573 bits per heavy atom. The zero-order valence-corrected chi connectivity index (χ0v) is 68.9. The molecule has 9 aliphatic heterocycles. The number of rotatable bonds is 29. The van der Waals surface area contributed by atoms with Crippen molar-refractivity contribution in [1.29, 1.82) is 0 Å². The molecule has 0 aromatic rings. The highest BCUT2D eigenvalue weighted by atomic mass is 16.8. The Morgan fingerprint density at radius 1 is 0.258 bits per heavy atom. The molecule has 3 aliphatic carbocycles. The number of methoxy groups -OCH3 is 1. The third kappa shape index (κ3) is 23.4. The van der Waals surface area contributed by atoms with Crippen LogP contribution in [0.5, 0.6) is 0 Å². The van der Waals surface area contributed by atoms with Crippen LogP contribution in [0.25, 0.3) is 0 Å². The highest BCUT2D eigenvalue weighted by Crippen LogP contribution is 2.40. The van der Waals surface area contributed by atoms with E-state index in [0.717, 1.165) is 0 Å². The standard InChI is InChI=1S/C24H48N6O12.C24H48N6O11.C23H46N6O12/c25-4-12-16(34)17(35)14(30)23(38-12)41-20-13(6-32)39-24(18(20)36)42-21-15(33)8(27)3-9(28)19(21)40-22-7(26)1-2-11(37-22)10(29)5-31;1-35-18-10(28)4-11(29)19(39-22-9(27)3-2-8(5-25)36-22)21(18)41-24-17(34)20(13(7-31)38-24)40-23-14(30)16(33)15(32)12(6-26)37-23;24-3-6-1-2-7(26)21(36-6)40-19-11(28)14(32)10(27)16(34)20(19)41-23-17(35)18(9(5-30)38-23)39-22-12(29)15(33)13(31)8(4-25)37-22/h7-24,31-36H,1-6,25-30H2;8-24,31-34H,2-7,25-30H2,1H3;6-23,30-35H,1-5,24-29H2. The topological polar surface area (TPSA) is 967 Å². The summed E-state index contributed by atoms with van der Waals surface area (Å²) in [6, 6.07) is -11.0. The van der Waals surface area contributed by atoms with Crippen molar-refractivity contribution >= 4 is 0 Å². The van der Waals surface area contributed by atoms with Gasteiger partial charge in [0.1, 0.15) is 159 Å². The Bertz CT molecular complexity index is 3130. The monoisotopic (exact) mass is 1810 g/mol. The van der Waals surface area contributed by atoms with E-state index in [1.807, 2.05) is 0 Å². The minimum Gasteiger partial charge on any atom is -0.395 e. The number of hydrogen-bond donors (Lipinski definition) is 34. The molecule has 0 radical (unpaired) electrons. The molecule has 12 fully saturated rings. The number of aliphatic hydroxyl groups excluding tert-OH is 16. The van der Waals surface area contributed by atoms with Gasteiger partial charge in [-0.15, -0.1) is 0 Å². The van der Waals surface area contributed by atoms with Gasteiger partial charge >= 0.3 is 0 Å². The summed E-state index contributed by atoms with van der Waals surface area (Å²) in [5.41, 5.74) is 109. The first-order chi connectivity index (χ1) is 58.9. The average Bonchev–Trinajstić information content (AvgIpc) is 1.46. The second-order valence-electron chi connectivity index (χ2n) is 33.9. The molecular formula is C71H142N18O35. The number of nitrogens with two attached hydrogens (primary N) is 18. The van der Waals surface area contributed by atoms with Gasteiger partial charge in [0.25, 0.3) is 0 Å². The molecule has 9 heterocycles. The molecule has 52 N–H and O–H groups in total. The Balaban J connectivity index is 0.000000195. The summed E-state index contributed by atoms with van der Waals surface area (Å²) in [6.07, 6.45) is -42.8. The van der Waals surface area contributed by atoms with Crippen LogP contribution in [0.15, 0.2) is 0 Å². The normalized spacial score (nSPS) is 51.7. The van der Waals surface area contributed by atoms with Gasteiger partial charge in [-0.25, -0.2) is 0 Å². The molecule has 53 unspecified atom stereocenters. The van der Waals surface area contributed by atoms with Crippen molar-refractivity contribution in [2.75, 3.05) is 66.3 Å². The van der Waals surface area contributed by atoms with Crippen LogP contribution in [0, 0.1) is 0 Å². The van der Waals surface area contributed by atoms with E-state index >= 15 is 0 Å². The van der Waals surface area contributed by atoms with Crippen LogP contribution >= 0.6 is 0 Å². The van der Waals surface area contributed by atoms with Crippen LogP contribution in [-0.4, -0.2) is 472 Å². The minimum absolute atomic E-state index is 0.119. The van der Waals surface area contributed by atoms with Crippen molar-refractivity contribution < 1.29 is 172 Å². The second-order valence-corrected chi connectivity index (χ2v) is 33.9. The van der Waals surface area contributed by atoms with Gasteiger partial charge in [0, 0.05) is 64.0 Å². The Labute approximate surface area is 714 Å². The molecule has 3 saturated carbocycles. The van der Waals surface area contributed by atoms with Crippen molar-refractivity contribution in [2.24, 2.45) is 103 Å². The molecule has 0 aromatic heterocycles. The summed E-state index contributed by atoms with van der Waals surface area (Å²) in [6.45, 7) is -2.00. The van der Waals surface area contributed by atoms with Crippen molar-refractivity contribution in [1.82, 2.24) is 0 Å². The van der Waals surface area contributed by atoms with Crippen LogP contribution in [-0.2, 0) is 90.0 Å². The SMILES string of the molecule is COC1C(N)CC(N)C(OC2OC(CN)CCC2N)C1OC1OC(CO)C(OC2OC(CN)C(O)C(O)C2N)C1O.NCC1CCC(N)C(OC2C(N)C(O)C(N)C(O)C2OC2OC(CO)C(OC3OC(CN)C(O)C(O)C3N)C2O)O1.NCC1OC(OC2C(CO)OC(OC3C(O)C(N)CC(N)C3OC3OC(C(N)CO)CCC3N)C2O)C(N)C(O)C1O. The van der Waals surface area contributed by atoms with Gasteiger partial charge in [0.2, 0.25) is 0 Å². The molecular weight excluding hydrogens is 1660 g/mol. The Morgan fingerprint density at radius 3 is 0.935 bits per heavy atom. The van der Waals surface area contributed by atoms with Crippen molar-refractivity contribution in [3.63, 3.8) is 0 Å². The largest absolute Gasteiger partial charge is 0.395 e. The van der Waals surface area contributed by atoms with Gasteiger partial charge in [-0.2, -0.15) is 0 Å². The molecule has 124 heavy (non-hydrogen) atoms. The fourth-order valence-electron chi connectivity index (χ4n) is 17.5. The van der Waals surface area contributed by atoms with E-state index < -0.39 is 332 Å². The lowest BCUT2D eigenvalue weighted by Crippen LogP contribution is -2.71. The van der Waals surface area contributed by atoms with Gasteiger partial charge in [0.15, 0.2) is 56.6 Å². The molecule has 0 spiro atoms. The first kappa shape index (κ1) is 104. The fourth-order valence-corrected chi connectivity index (χ4v) is 17.5. The van der Waals surface area contributed by atoms with Crippen LogP contribution in [0.3, 0.4) is 0 Å². The van der Waals surface area contributed by atoms with E-state index in [1.54, 1.807) is 0 Å². The van der Waals surface area contributed by atoms with Crippen molar-refractivity contribution in [3.8, 4) is 0 Å². The van der Waals surface area contributed by atoms with E-state index in [1.165, 1.54) is 7.11 Å². The molecule has 53 heteroatoms. The van der Waals surface area contributed by atoms with Crippen LogP contribution < -0.4 is 103 Å². The summed E-state index contributed by atoms with van der Waals surface area (Å²) in [7, 11) is 1.46. The molecule has 0 bridgehead atoms. The lowest BCUT2D eigenvalue weighted by molar-refractivity contribution is -0.295. The first-order valence-electron chi connectivity index (χ1n) is 42.1. The van der Waals surface area contributed by atoms with Crippen LogP contribution in [0.4, 0.5) is 0 Å². The fraction of sp³-hybridized carbons (Fsp3) is 1.00. The first-order valence-corrected chi connectivity index (χ1v) is 42.1. The van der Waals surface area contributed by atoms with E-state index in [4.69, 9.17) is 193 Å². The lowest BCUT2D eigenvalue weighted by atomic mass is 9.82. The maximum Gasteiger partial charge on any atom is 0.187 e. The smallest absolute Gasteiger partial charge is 0.187 e. The third-order valence-corrected chi connectivity index (χ3v) is 25.2. The minimum atomic E-state index is -1.59. The summed E-state index contributed by atoms with van der Waals surface area (Å²) in [4.78, 5) is 0. The van der Waals surface area contributed by atoms with Gasteiger partial charge < -0.3 is 275 Å². The average molecular weight is 1810 g/mol. The quantitative estimate of drug-likeness (QED) is 0.0331. The molecule has 0 amide bonds. The van der Waals surface area contributed by atoms with Crippen LogP contribution in [0.1, 0.15) is 51.4 Å². The summed E-state index contributed by atoms with van der Waals surface area (Å²) in [5, 5.41) is 167. The second kappa shape index (κ2) is 46.7. The van der Waals surface area contributed by atoms with Crippen LogP contribution in [0.2, 0.25) is 0 Å². The zero-order valence-electron chi connectivity index (χ0n) is 68.9. The maximum absolute atomic E-state index is 11.2. The van der Waals surface area contributed by atoms with Gasteiger partial charge in [-0.1, -0.05) is 0 Å². The number of hydrogen-bond acceptors (Lipinski definition) is 53. The van der Waals surface area contributed by atoms with Gasteiger partial charge in [0.05, 0.1) is 111 Å². The summed E-state index contributed by atoms with van der Waals surface area (Å²) < 4.78 is 112. The molecule has 53 nitrogen and oxygen atoms in total. The molecule has 12 rings (SSSR count). The zero-order chi connectivity index (χ0) is 91.1. The Kier molecular flexibility index (Phi) is 39.2. The third-order valence-electron chi connectivity index (χ3n) is 25.2. The Hall–Kier alpha value is -2.12. The predicted octanol–water partition coefficient (Wildman–Crippen LogP) is -21.5. The van der Waals surface area contributed by atoms with E-state index in [-0.39, 0.29) is 51.4 Å². The highest BCUT2D eigenvalue weighted by molar-refractivity contribution is 5.08. The summed E-state index contributed by atoms with van der Waals surface area (Å²) in [5.74, 6) is 0. The number of aliphatic hydroxyl groups is 16. The molecule has 0 aromatic carbocycles. The molecule has 53 atom stereocenters. The lowest BCUT2D eigenvalue weighted by Gasteiger charge is -2.47. The molecule has 12 aliphatic rings. The molecule has 726 valence electrons. The summed E-state index contributed by atoms with van der Waals surface area (Å²) >= 11 is 0. The van der Waals surface area contributed by atoms with Gasteiger partial charge in [-0.3, -0.25) is 0 Å². The highest BCUT2D eigenvalue weighted by Gasteiger charge is 2.60. The van der Waals surface area contributed by atoms with Crippen molar-refractivity contribution in [3.05, 3.63) is 0 Å². The van der Waals surface area contributed by atoms with E-state index in [9.17, 15) is 81.7 Å². The van der Waals surface area contributed by atoms with E-state index in [2.05, 4.69) is 0 Å². The van der Waals surface area contributed by atoms with Crippen molar-refractivity contribution in [2.45, 2.75) is 376 Å². The maximum atomic E-state index is 11.2. The van der Waals surface area contributed by atoms with E-state index in [0.29, 0.717) is 51.5 Å².